The standard InChI is InChI=1S/C15H29FN2/c1-14(2,3)17-12-7-5-6-8-13(12)18(4)11-15(16)9-10-15/h12-13,17H,5-11H2,1-4H3/t12-,13-/m0/s1. The average molecular weight is 256 g/mol. The molecule has 0 unspecified atom stereocenters. The molecule has 1 N–H and O–H groups in total. The van der Waals surface area contributed by atoms with E-state index in [9.17, 15) is 4.39 Å². The minimum atomic E-state index is -0.863. The van der Waals surface area contributed by atoms with Gasteiger partial charge in [-0.3, -0.25) is 4.90 Å². The first-order valence-corrected chi connectivity index (χ1v) is 7.46. The van der Waals surface area contributed by atoms with Gasteiger partial charge < -0.3 is 5.32 Å². The number of nitrogens with one attached hydrogen (secondary N) is 1. The Morgan fingerprint density at radius 2 is 1.83 bits per heavy atom. The maximum absolute atomic E-state index is 13.9. The van der Waals surface area contributed by atoms with Gasteiger partial charge in [-0.2, -0.15) is 0 Å². The van der Waals surface area contributed by atoms with E-state index in [-0.39, 0.29) is 5.54 Å². The van der Waals surface area contributed by atoms with Crippen molar-refractivity contribution in [1.82, 2.24) is 10.2 Å². The first-order valence-electron chi connectivity index (χ1n) is 7.46. The monoisotopic (exact) mass is 256 g/mol. The Kier molecular flexibility index (Phi) is 4.03. The molecule has 0 heterocycles. The number of rotatable bonds is 4. The quantitative estimate of drug-likeness (QED) is 0.831. The van der Waals surface area contributed by atoms with E-state index in [4.69, 9.17) is 0 Å². The number of hydrogen-bond acceptors (Lipinski definition) is 2. The van der Waals surface area contributed by atoms with Gasteiger partial charge in [-0.1, -0.05) is 12.8 Å². The number of nitrogens with zero attached hydrogens (tertiary/aromatic N) is 1. The van der Waals surface area contributed by atoms with E-state index < -0.39 is 5.67 Å². The molecular formula is C15H29FN2. The highest BCUT2D eigenvalue weighted by atomic mass is 19.1. The molecule has 18 heavy (non-hydrogen) atoms. The molecule has 0 spiro atoms. The summed E-state index contributed by atoms with van der Waals surface area (Å²) >= 11 is 0. The maximum atomic E-state index is 13.9. The third-order valence-corrected chi connectivity index (χ3v) is 4.24. The third-order valence-electron chi connectivity index (χ3n) is 4.24. The van der Waals surface area contributed by atoms with Crippen LogP contribution in [0.5, 0.6) is 0 Å². The molecule has 2 saturated carbocycles. The fraction of sp³-hybridized carbons (Fsp3) is 1.00. The molecule has 3 heteroatoms. The fourth-order valence-corrected chi connectivity index (χ4v) is 3.22. The lowest BCUT2D eigenvalue weighted by Gasteiger charge is -2.42. The molecule has 2 fully saturated rings. The number of alkyl halides is 1. The highest BCUT2D eigenvalue weighted by Gasteiger charge is 2.45. The number of halogens is 1. The summed E-state index contributed by atoms with van der Waals surface area (Å²) < 4.78 is 13.9. The van der Waals surface area contributed by atoms with Crippen molar-refractivity contribution in [3.05, 3.63) is 0 Å². The Morgan fingerprint density at radius 3 is 2.39 bits per heavy atom. The zero-order chi connectivity index (χ0) is 13.4. The lowest BCUT2D eigenvalue weighted by atomic mass is 9.87. The summed E-state index contributed by atoms with van der Waals surface area (Å²) in [5.41, 5.74) is -0.716. The first kappa shape index (κ1) is 14.3. The molecule has 0 aromatic heterocycles. The van der Waals surface area contributed by atoms with E-state index in [0.29, 0.717) is 18.6 Å². The Balaban J connectivity index is 1.93. The molecule has 0 aromatic carbocycles. The summed E-state index contributed by atoms with van der Waals surface area (Å²) in [4.78, 5) is 2.27. The highest BCUT2D eigenvalue weighted by molar-refractivity contribution is 4.99. The Morgan fingerprint density at radius 1 is 1.22 bits per heavy atom. The van der Waals surface area contributed by atoms with Gasteiger partial charge in [0.05, 0.1) is 0 Å². The predicted molar refractivity (Wildman–Crippen MR) is 74.6 cm³/mol. The summed E-state index contributed by atoms with van der Waals surface area (Å²) in [6.07, 6.45) is 6.56. The van der Waals surface area contributed by atoms with Crippen LogP contribution in [0.3, 0.4) is 0 Å². The van der Waals surface area contributed by atoms with Gasteiger partial charge in [0.1, 0.15) is 5.67 Å². The van der Waals surface area contributed by atoms with Crippen LogP contribution in [0, 0.1) is 0 Å². The van der Waals surface area contributed by atoms with Gasteiger partial charge in [0.25, 0.3) is 0 Å². The van der Waals surface area contributed by atoms with Crippen LogP contribution >= 0.6 is 0 Å². The topological polar surface area (TPSA) is 15.3 Å². The van der Waals surface area contributed by atoms with E-state index in [1.54, 1.807) is 0 Å². The van der Waals surface area contributed by atoms with Gasteiger partial charge in [0.15, 0.2) is 0 Å². The second-order valence-corrected chi connectivity index (χ2v) is 7.42. The van der Waals surface area contributed by atoms with Crippen LogP contribution in [0.2, 0.25) is 0 Å². The minimum absolute atomic E-state index is 0.147. The van der Waals surface area contributed by atoms with Crippen LogP contribution in [0.1, 0.15) is 59.3 Å². The van der Waals surface area contributed by atoms with Gasteiger partial charge in [-0.05, 0) is 53.5 Å². The van der Waals surface area contributed by atoms with Crippen LogP contribution in [0.25, 0.3) is 0 Å². The SMILES string of the molecule is CN(CC1(F)CC1)[C@H]1CCCC[C@@H]1NC(C)(C)C. The predicted octanol–water partition coefficient (Wildman–Crippen LogP) is 3.12. The maximum Gasteiger partial charge on any atom is 0.123 e. The summed E-state index contributed by atoms with van der Waals surface area (Å²) in [6, 6.07) is 1.03. The molecule has 0 saturated heterocycles. The van der Waals surface area contributed by atoms with E-state index in [1.807, 2.05) is 0 Å². The Labute approximate surface area is 111 Å². The van der Waals surface area contributed by atoms with E-state index >= 15 is 0 Å². The van der Waals surface area contributed by atoms with Crippen molar-refractivity contribution in [3.63, 3.8) is 0 Å². The van der Waals surface area contributed by atoms with Crippen molar-refractivity contribution in [3.8, 4) is 0 Å². The van der Waals surface area contributed by atoms with E-state index in [0.717, 1.165) is 12.8 Å². The van der Waals surface area contributed by atoms with Gasteiger partial charge in [0, 0.05) is 24.2 Å². The zero-order valence-corrected chi connectivity index (χ0v) is 12.4. The van der Waals surface area contributed by atoms with Crippen molar-refractivity contribution in [2.24, 2.45) is 0 Å². The van der Waals surface area contributed by atoms with Crippen molar-refractivity contribution < 1.29 is 4.39 Å². The van der Waals surface area contributed by atoms with Crippen LogP contribution in [0.15, 0.2) is 0 Å². The summed E-state index contributed by atoms with van der Waals surface area (Å²) in [5.74, 6) is 0. The van der Waals surface area contributed by atoms with Gasteiger partial charge in [-0.15, -0.1) is 0 Å². The lowest BCUT2D eigenvalue weighted by Crippen LogP contribution is -2.56. The second kappa shape index (κ2) is 5.09. The van der Waals surface area contributed by atoms with Gasteiger partial charge in [0.2, 0.25) is 0 Å². The molecule has 0 aliphatic heterocycles. The molecule has 2 nitrogen and oxygen atoms in total. The van der Waals surface area contributed by atoms with E-state index in [2.05, 4.69) is 38.0 Å². The fourth-order valence-electron chi connectivity index (χ4n) is 3.22. The number of hydrogen-bond donors (Lipinski definition) is 1. The minimum Gasteiger partial charge on any atom is -0.308 e. The molecule has 0 aromatic rings. The van der Waals surface area contributed by atoms with Crippen molar-refractivity contribution in [2.75, 3.05) is 13.6 Å². The first-order chi connectivity index (χ1) is 8.29. The van der Waals surface area contributed by atoms with Crippen LogP contribution in [-0.4, -0.2) is 41.8 Å². The molecule has 0 radical (unpaired) electrons. The molecule has 0 amide bonds. The molecular weight excluding hydrogens is 227 g/mol. The van der Waals surface area contributed by atoms with Crippen LogP contribution in [-0.2, 0) is 0 Å². The second-order valence-electron chi connectivity index (χ2n) is 7.42. The van der Waals surface area contributed by atoms with Crippen molar-refractivity contribution in [2.45, 2.75) is 82.6 Å². The van der Waals surface area contributed by atoms with Crippen molar-refractivity contribution >= 4 is 0 Å². The molecule has 2 atom stereocenters. The smallest absolute Gasteiger partial charge is 0.123 e. The van der Waals surface area contributed by atoms with Gasteiger partial charge in [-0.25, -0.2) is 4.39 Å². The van der Waals surface area contributed by atoms with Crippen molar-refractivity contribution in [1.29, 1.82) is 0 Å². The Hall–Kier alpha value is -0.150. The Bertz CT molecular complexity index is 281. The largest absolute Gasteiger partial charge is 0.308 e. The molecule has 2 aliphatic carbocycles. The van der Waals surface area contributed by atoms with E-state index in [1.165, 1.54) is 25.7 Å². The van der Waals surface area contributed by atoms with Crippen LogP contribution < -0.4 is 5.32 Å². The number of likely N-dealkylation sites (N-methyl/N-ethyl adjacent to an activating group) is 1. The lowest BCUT2D eigenvalue weighted by molar-refractivity contribution is 0.0985. The molecule has 106 valence electrons. The third kappa shape index (κ3) is 3.92. The highest BCUT2D eigenvalue weighted by Crippen LogP contribution is 2.41. The summed E-state index contributed by atoms with van der Waals surface area (Å²) in [5, 5.41) is 3.73. The summed E-state index contributed by atoms with van der Waals surface area (Å²) in [6.45, 7) is 7.28. The molecule has 2 aliphatic rings. The average Bonchev–Trinajstić information content (AvgIpc) is 2.94. The molecule has 2 rings (SSSR count). The normalized spacial score (nSPS) is 31.7. The summed E-state index contributed by atoms with van der Waals surface area (Å²) in [7, 11) is 2.10. The van der Waals surface area contributed by atoms with Crippen LogP contribution in [0.4, 0.5) is 4.39 Å². The van der Waals surface area contributed by atoms with Gasteiger partial charge >= 0.3 is 0 Å². The zero-order valence-electron chi connectivity index (χ0n) is 12.4. The molecule has 0 bridgehead atoms.